The van der Waals surface area contributed by atoms with Crippen LogP contribution in [0.3, 0.4) is 0 Å². The number of para-hydroxylation sites is 1. The van der Waals surface area contributed by atoms with E-state index in [9.17, 15) is 14.4 Å². The molecular formula is C16H16N2O4. The van der Waals surface area contributed by atoms with Crippen LogP contribution >= 0.6 is 0 Å². The number of anilines is 1. The Morgan fingerprint density at radius 1 is 1.23 bits per heavy atom. The molecule has 0 aliphatic rings. The maximum Gasteiger partial charge on any atom is 0.355 e. The van der Waals surface area contributed by atoms with Gasteiger partial charge in [0.1, 0.15) is 5.69 Å². The molecule has 22 heavy (non-hydrogen) atoms. The zero-order valence-electron chi connectivity index (χ0n) is 12.3. The van der Waals surface area contributed by atoms with Crippen molar-refractivity contribution in [3.63, 3.8) is 0 Å². The Morgan fingerprint density at radius 3 is 2.59 bits per heavy atom. The summed E-state index contributed by atoms with van der Waals surface area (Å²) in [5.41, 5.74) is 2.10. The van der Waals surface area contributed by atoms with Crippen LogP contribution in [0.1, 0.15) is 33.3 Å². The van der Waals surface area contributed by atoms with E-state index < -0.39 is 18.5 Å². The normalized spacial score (nSPS) is 10.1. The maximum atomic E-state index is 11.8. The number of aromatic amines is 1. The van der Waals surface area contributed by atoms with Gasteiger partial charge in [-0.15, -0.1) is 0 Å². The first kappa shape index (κ1) is 15.5. The summed E-state index contributed by atoms with van der Waals surface area (Å²) in [6, 6.07) is 8.69. The molecule has 0 saturated carbocycles. The quantitative estimate of drug-likeness (QED) is 0.655. The minimum atomic E-state index is -0.688. The molecule has 1 aromatic heterocycles. The zero-order valence-corrected chi connectivity index (χ0v) is 12.3. The molecule has 6 heteroatoms. The van der Waals surface area contributed by atoms with E-state index in [-0.39, 0.29) is 11.5 Å². The van der Waals surface area contributed by atoms with Gasteiger partial charge in [-0.1, -0.05) is 18.2 Å². The zero-order chi connectivity index (χ0) is 16.1. The predicted octanol–water partition coefficient (Wildman–Crippen LogP) is 2.32. The average molecular weight is 300 g/mol. The van der Waals surface area contributed by atoms with Crippen LogP contribution in [0.25, 0.3) is 0 Å². The van der Waals surface area contributed by atoms with Gasteiger partial charge in [0.15, 0.2) is 12.4 Å². The summed E-state index contributed by atoms with van der Waals surface area (Å²) >= 11 is 0. The Bertz CT molecular complexity index is 718. The highest BCUT2D eigenvalue weighted by Gasteiger charge is 2.14. The molecule has 0 saturated heterocycles. The standard InChI is InChI=1S/C16H16N2O4/c1-10-5-3-4-6-13(10)18-15(20)9-22-16(21)14-7-12(8-17-14)11(2)19/h3-8,17H,9H2,1-2H3,(H,18,20). The Kier molecular flexibility index (Phi) is 4.73. The summed E-state index contributed by atoms with van der Waals surface area (Å²) in [6.45, 7) is 2.86. The van der Waals surface area contributed by atoms with Crippen LogP contribution in [-0.2, 0) is 9.53 Å². The second-order valence-corrected chi connectivity index (χ2v) is 4.80. The van der Waals surface area contributed by atoms with Crippen molar-refractivity contribution in [2.24, 2.45) is 0 Å². The van der Waals surface area contributed by atoms with Crippen LogP contribution in [0, 0.1) is 6.92 Å². The highest BCUT2D eigenvalue weighted by Crippen LogP contribution is 2.13. The highest BCUT2D eigenvalue weighted by molar-refractivity contribution is 5.98. The van der Waals surface area contributed by atoms with Gasteiger partial charge in [-0.2, -0.15) is 0 Å². The molecule has 0 unspecified atom stereocenters. The monoisotopic (exact) mass is 300 g/mol. The van der Waals surface area contributed by atoms with Gasteiger partial charge in [0.05, 0.1) is 0 Å². The number of nitrogens with one attached hydrogen (secondary N) is 2. The molecule has 0 aliphatic heterocycles. The topological polar surface area (TPSA) is 88.3 Å². The summed E-state index contributed by atoms with van der Waals surface area (Å²) in [5, 5.41) is 2.66. The van der Waals surface area contributed by atoms with Crippen molar-refractivity contribution in [3.8, 4) is 0 Å². The van der Waals surface area contributed by atoms with Crippen molar-refractivity contribution in [2.45, 2.75) is 13.8 Å². The third-order valence-corrected chi connectivity index (χ3v) is 3.06. The number of ether oxygens (including phenoxy) is 1. The molecule has 6 nitrogen and oxygen atoms in total. The van der Waals surface area contributed by atoms with Gasteiger partial charge in [0, 0.05) is 17.4 Å². The van der Waals surface area contributed by atoms with E-state index in [0.29, 0.717) is 11.3 Å². The number of esters is 1. The van der Waals surface area contributed by atoms with E-state index in [2.05, 4.69) is 10.3 Å². The third-order valence-electron chi connectivity index (χ3n) is 3.06. The molecule has 1 amide bonds. The second-order valence-electron chi connectivity index (χ2n) is 4.80. The van der Waals surface area contributed by atoms with Gasteiger partial charge in [0.2, 0.25) is 0 Å². The number of aromatic nitrogens is 1. The third kappa shape index (κ3) is 3.82. The average Bonchev–Trinajstić information content (AvgIpc) is 2.97. The molecule has 2 N–H and O–H groups in total. The molecular weight excluding hydrogens is 284 g/mol. The summed E-state index contributed by atoms with van der Waals surface area (Å²) in [6.07, 6.45) is 1.42. The lowest BCUT2D eigenvalue weighted by Gasteiger charge is -2.08. The number of H-pyrrole nitrogens is 1. The van der Waals surface area contributed by atoms with Gasteiger partial charge in [-0.3, -0.25) is 9.59 Å². The molecule has 0 fully saturated rings. The van der Waals surface area contributed by atoms with Gasteiger partial charge in [0.25, 0.3) is 5.91 Å². The van der Waals surface area contributed by atoms with Crippen molar-refractivity contribution < 1.29 is 19.1 Å². The van der Waals surface area contributed by atoms with Crippen molar-refractivity contribution in [1.29, 1.82) is 0 Å². The fraction of sp³-hybridized carbons (Fsp3) is 0.188. The number of carbonyl (C=O) groups excluding carboxylic acids is 3. The predicted molar refractivity (Wildman–Crippen MR) is 80.9 cm³/mol. The summed E-state index contributed by atoms with van der Waals surface area (Å²) in [7, 11) is 0. The largest absolute Gasteiger partial charge is 0.451 e. The molecule has 0 bridgehead atoms. The molecule has 1 heterocycles. The van der Waals surface area contributed by atoms with Crippen molar-refractivity contribution in [3.05, 3.63) is 53.3 Å². The van der Waals surface area contributed by atoms with E-state index in [4.69, 9.17) is 4.74 Å². The lowest BCUT2D eigenvalue weighted by molar-refractivity contribution is -0.119. The molecule has 0 aliphatic carbocycles. The Hall–Kier alpha value is -2.89. The van der Waals surface area contributed by atoms with Crippen LogP contribution in [0.4, 0.5) is 5.69 Å². The van der Waals surface area contributed by atoms with Gasteiger partial charge >= 0.3 is 5.97 Å². The van der Waals surface area contributed by atoms with E-state index in [0.717, 1.165) is 5.56 Å². The molecule has 0 spiro atoms. The summed E-state index contributed by atoms with van der Waals surface area (Å²) in [4.78, 5) is 37.3. The van der Waals surface area contributed by atoms with E-state index in [1.807, 2.05) is 19.1 Å². The Balaban J connectivity index is 1.89. The number of rotatable bonds is 5. The fourth-order valence-corrected chi connectivity index (χ4v) is 1.82. The van der Waals surface area contributed by atoms with Crippen LogP contribution in [0.2, 0.25) is 0 Å². The minimum absolute atomic E-state index is 0.133. The fourth-order valence-electron chi connectivity index (χ4n) is 1.82. The van der Waals surface area contributed by atoms with Crippen molar-refractivity contribution in [1.82, 2.24) is 4.98 Å². The lowest BCUT2D eigenvalue weighted by atomic mass is 10.2. The molecule has 1 aromatic carbocycles. The number of ketones is 1. The first-order chi connectivity index (χ1) is 10.5. The lowest BCUT2D eigenvalue weighted by Crippen LogP contribution is -2.21. The molecule has 0 radical (unpaired) electrons. The number of Topliss-reactive ketones (excluding diaryl/α,β-unsaturated/α-hetero) is 1. The number of hydrogen-bond donors (Lipinski definition) is 2. The SMILES string of the molecule is CC(=O)c1c[nH]c(C(=O)OCC(=O)Nc2ccccc2C)c1. The van der Waals surface area contributed by atoms with Crippen molar-refractivity contribution >= 4 is 23.3 Å². The number of aryl methyl sites for hydroxylation is 1. The number of carbonyl (C=O) groups is 3. The molecule has 2 aromatic rings. The van der Waals surface area contributed by atoms with Crippen LogP contribution in [0.5, 0.6) is 0 Å². The highest BCUT2D eigenvalue weighted by atomic mass is 16.5. The van der Waals surface area contributed by atoms with Crippen LogP contribution < -0.4 is 5.32 Å². The Labute approximate surface area is 127 Å². The van der Waals surface area contributed by atoms with Crippen LogP contribution in [-0.4, -0.2) is 29.3 Å². The van der Waals surface area contributed by atoms with Crippen molar-refractivity contribution in [2.75, 3.05) is 11.9 Å². The summed E-state index contributed by atoms with van der Waals surface area (Å²) in [5.74, 6) is -1.28. The first-order valence-corrected chi connectivity index (χ1v) is 6.69. The molecule has 114 valence electrons. The smallest absolute Gasteiger partial charge is 0.355 e. The van der Waals surface area contributed by atoms with E-state index in [1.54, 1.807) is 12.1 Å². The first-order valence-electron chi connectivity index (χ1n) is 6.69. The van der Waals surface area contributed by atoms with Gasteiger partial charge < -0.3 is 15.0 Å². The molecule has 2 rings (SSSR count). The Morgan fingerprint density at radius 2 is 1.95 bits per heavy atom. The van der Waals surface area contributed by atoms with E-state index >= 15 is 0 Å². The number of benzene rings is 1. The molecule has 0 atom stereocenters. The van der Waals surface area contributed by atoms with Crippen LogP contribution in [0.15, 0.2) is 36.5 Å². The summed E-state index contributed by atoms with van der Waals surface area (Å²) < 4.78 is 4.90. The van der Waals surface area contributed by atoms with Gasteiger partial charge in [-0.25, -0.2) is 4.79 Å². The minimum Gasteiger partial charge on any atom is -0.451 e. The second kappa shape index (κ2) is 6.71. The maximum absolute atomic E-state index is 11.8. The number of amides is 1. The van der Waals surface area contributed by atoms with Gasteiger partial charge in [-0.05, 0) is 31.5 Å². The number of hydrogen-bond acceptors (Lipinski definition) is 4. The van der Waals surface area contributed by atoms with E-state index in [1.165, 1.54) is 19.2 Å².